The molecule has 1 saturated carbocycles. The first kappa shape index (κ1) is 26.3. The molecule has 2 aliphatic carbocycles. The Bertz CT molecular complexity index is 1500. The maximum absolute atomic E-state index is 13.7. The van der Waals surface area contributed by atoms with Gasteiger partial charge < -0.3 is 20.5 Å². The highest BCUT2D eigenvalue weighted by Crippen LogP contribution is 2.45. The van der Waals surface area contributed by atoms with E-state index in [-0.39, 0.29) is 35.6 Å². The standard InChI is InChI=1S/C28H28F3N5O4/c1-16-2-5-21(32-12-16)36-23(25(39)33-13-26(14-37)8-9-26)22-20(35-36)11-27(34-24(22)38)7-6-17-10-18(3-4-19(17)27)40-15-28(29,30)31/h2-5,10,12,37H,6-9,11,13-15H2,1H3,(H,33,39)(H,34,38)/t27-/m0/s1. The Balaban J connectivity index is 1.35. The number of benzene rings is 1. The molecule has 3 aliphatic rings. The predicted octanol–water partition coefficient (Wildman–Crippen LogP) is 3.15. The summed E-state index contributed by atoms with van der Waals surface area (Å²) in [5.41, 5.74) is 2.03. The summed E-state index contributed by atoms with van der Waals surface area (Å²) in [5.74, 6) is -0.451. The van der Waals surface area contributed by atoms with Gasteiger partial charge in [0.1, 0.15) is 11.4 Å². The van der Waals surface area contributed by atoms with E-state index < -0.39 is 30.1 Å². The fraction of sp³-hybridized carbons (Fsp3) is 0.429. The quantitative estimate of drug-likeness (QED) is 0.412. The summed E-state index contributed by atoms with van der Waals surface area (Å²) in [6.07, 6.45) is 0.176. The van der Waals surface area contributed by atoms with Crippen LogP contribution in [0.1, 0.15) is 62.5 Å². The van der Waals surface area contributed by atoms with Crippen molar-refractivity contribution in [2.45, 2.75) is 50.7 Å². The summed E-state index contributed by atoms with van der Waals surface area (Å²) in [6, 6.07) is 8.31. The number of nitrogens with zero attached hydrogens (tertiary/aromatic N) is 3. The maximum Gasteiger partial charge on any atom is 0.422 e. The third-order valence-corrected chi connectivity index (χ3v) is 8.07. The van der Waals surface area contributed by atoms with Gasteiger partial charge in [-0.05, 0) is 67.5 Å². The van der Waals surface area contributed by atoms with Gasteiger partial charge in [-0.15, -0.1) is 0 Å². The van der Waals surface area contributed by atoms with Crippen LogP contribution in [0.25, 0.3) is 5.82 Å². The Morgan fingerprint density at radius 1 is 1.23 bits per heavy atom. The molecule has 0 saturated heterocycles. The van der Waals surface area contributed by atoms with Crippen molar-refractivity contribution in [1.82, 2.24) is 25.4 Å². The van der Waals surface area contributed by atoms with Gasteiger partial charge in [-0.3, -0.25) is 9.59 Å². The molecule has 1 fully saturated rings. The van der Waals surface area contributed by atoms with Gasteiger partial charge in [-0.1, -0.05) is 12.1 Å². The van der Waals surface area contributed by atoms with Gasteiger partial charge >= 0.3 is 6.18 Å². The van der Waals surface area contributed by atoms with Gasteiger partial charge in [0.05, 0.1) is 23.4 Å². The fourth-order valence-electron chi connectivity index (χ4n) is 5.61. The van der Waals surface area contributed by atoms with E-state index in [4.69, 9.17) is 9.84 Å². The zero-order chi connectivity index (χ0) is 28.3. The highest BCUT2D eigenvalue weighted by atomic mass is 19.4. The van der Waals surface area contributed by atoms with E-state index in [2.05, 4.69) is 15.6 Å². The Hall–Kier alpha value is -3.93. The molecule has 1 atom stereocenters. The number of hydrogen-bond acceptors (Lipinski definition) is 6. The van der Waals surface area contributed by atoms with Gasteiger partial charge in [0, 0.05) is 24.6 Å². The first-order valence-electron chi connectivity index (χ1n) is 13.1. The molecule has 40 heavy (non-hydrogen) atoms. The van der Waals surface area contributed by atoms with Crippen molar-refractivity contribution < 1.29 is 32.6 Å². The molecule has 12 heteroatoms. The Kier molecular flexibility index (Phi) is 6.13. The Labute approximate surface area is 227 Å². The van der Waals surface area contributed by atoms with Gasteiger partial charge in [0.2, 0.25) is 0 Å². The van der Waals surface area contributed by atoms with Crippen LogP contribution in [0.4, 0.5) is 13.2 Å². The van der Waals surface area contributed by atoms with Crippen LogP contribution in [-0.4, -0.2) is 57.6 Å². The third-order valence-electron chi connectivity index (χ3n) is 8.07. The molecule has 2 amide bonds. The van der Waals surface area contributed by atoms with Crippen LogP contribution in [0.5, 0.6) is 5.75 Å². The number of amides is 2. The molecule has 3 aromatic rings. The summed E-state index contributed by atoms with van der Waals surface area (Å²) in [7, 11) is 0. The SMILES string of the molecule is Cc1ccc(-n2nc3c(c2C(=O)NCC2(CO)CC2)C(=O)N[C@@]2(CCc4cc(OCC(F)(F)F)ccc42)C3)nc1. The first-order chi connectivity index (χ1) is 19.0. The molecule has 1 aromatic carbocycles. The predicted molar refractivity (Wildman–Crippen MR) is 136 cm³/mol. The Morgan fingerprint density at radius 3 is 2.70 bits per heavy atom. The van der Waals surface area contributed by atoms with Gasteiger partial charge in [0.15, 0.2) is 12.4 Å². The first-order valence-corrected chi connectivity index (χ1v) is 13.1. The minimum Gasteiger partial charge on any atom is -0.484 e. The average Bonchev–Trinajstić information content (AvgIpc) is 3.49. The lowest BCUT2D eigenvalue weighted by Gasteiger charge is -2.35. The van der Waals surface area contributed by atoms with Crippen LogP contribution in [0, 0.1) is 12.3 Å². The van der Waals surface area contributed by atoms with Crippen molar-refractivity contribution in [2.75, 3.05) is 19.8 Å². The van der Waals surface area contributed by atoms with Crippen LogP contribution in [0.3, 0.4) is 0 Å². The largest absolute Gasteiger partial charge is 0.484 e. The number of aromatic nitrogens is 3. The van der Waals surface area contributed by atoms with E-state index >= 15 is 0 Å². The molecule has 3 N–H and O–H groups in total. The number of alkyl halides is 3. The normalized spacial score (nSPS) is 20.6. The van der Waals surface area contributed by atoms with E-state index in [0.29, 0.717) is 30.8 Å². The highest BCUT2D eigenvalue weighted by Gasteiger charge is 2.48. The number of carbonyl (C=O) groups is 2. The maximum atomic E-state index is 13.7. The lowest BCUT2D eigenvalue weighted by atomic mass is 9.82. The van der Waals surface area contributed by atoms with Gasteiger partial charge in [-0.25, -0.2) is 9.67 Å². The van der Waals surface area contributed by atoms with E-state index in [1.807, 2.05) is 13.0 Å². The second kappa shape index (κ2) is 9.33. The van der Waals surface area contributed by atoms with E-state index in [9.17, 15) is 27.9 Å². The lowest BCUT2D eigenvalue weighted by Crippen LogP contribution is -2.50. The summed E-state index contributed by atoms with van der Waals surface area (Å²) < 4.78 is 44.2. The van der Waals surface area contributed by atoms with Crippen molar-refractivity contribution in [3.8, 4) is 11.6 Å². The van der Waals surface area contributed by atoms with E-state index in [1.165, 1.54) is 10.7 Å². The molecule has 3 heterocycles. The minimum atomic E-state index is -4.44. The van der Waals surface area contributed by atoms with Crippen molar-refractivity contribution in [1.29, 1.82) is 0 Å². The molecule has 1 spiro atoms. The van der Waals surface area contributed by atoms with Crippen LogP contribution in [0.15, 0.2) is 36.5 Å². The molecule has 0 unspecified atom stereocenters. The number of carbonyl (C=O) groups excluding carboxylic acids is 2. The van der Waals surface area contributed by atoms with Gasteiger partial charge in [0.25, 0.3) is 11.8 Å². The monoisotopic (exact) mass is 555 g/mol. The topological polar surface area (TPSA) is 118 Å². The lowest BCUT2D eigenvalue weighted by molar-refractivity contribution is -0.153. The molecular formula is C28H28F3N5O4. The summed E-state index contributed by atoms with van der Waals surface area (Å²) >= 11 is 0. The molecule has 2 aromatic heterocycles. The van der Waals surface area contributed by atoms with Crippen molar-refractivity contribution in [3.63, 3.8) is 0 Å². The number of aliphatic hydroxyl groups is 1. The molecule has 6 rings (SSSR count). The zero-order valence-corrected chi connectivity index (χ0v) is 21.8. The number of fused-ring (bicyclic) bond motifs is 3. The van der Waals surface area contributed by atoms with E-state index in [0.717, 1.165) is 29.5 Å². The van der Waals surface area contributed by atoms with Gasteiger partial charge in [-0.2, -0.15) is 18.3 Å². The number of ether oxygens (including phenoxy) is 1. The van der Waals surface area contributed by atoms with Crippen molar-refractivity contribution in [3.05, 3.63) is 70.2 Å². The fourth-order valence-corrected chi connectivity index (χ4v) is 5.61. The molecular weight excluding hydrogens is 527 g/mol. The Morgan fingerprint density at radius 2 is 2.02 bits per heavy atom. The van der Waals surface area contributed by atoms with E-state index in [1.54, 1.807) is 24.4 Å². The third kappa shape index (κ3) is 4.70. The molecule has 0 radical (unpaired) electrons. The number of halogens is 3. The summed E-state index contributed by atoms with van der Waals surface area (Å²) in [4.78, 5) is 31.6. The van der Waals surface area contributed by atoms with Crippen LogP contribution >= 0.6 is 0 Å². The second-order valence-corrected chi connectivity index (χ2v) is 11.1. The number of rotatable bonds is 7. The molecule has 0 bridgehead atoms. The molecule has 9 nitrogen and oxygen atoms in total. The average molecular weight is 556 g/mol. The highest BCUT2D eigenvalue weighted by molar-refractivity contribution is 6.08. The number of aliphatic hydroxyl groups excluding tert-OH is 1. The number of pyridine rings is 1. The van der Waals surface area contributed by atoms with Crippen LogP contribution in [-0.2, 0) is 18.4 Å². The smallest absolute Gasteiger partial charge is 0.422 e. The minimum absolute atomic E-state index is 0.0322. The zero-order valence-electron chi connectivity index (χ0n) is 21.8. The van der Waals surface area contributed by atoms with Crippen LogP contribution < -0.4 is 15.4 Å². The summed E-state index contributed by atoms with van der Waals surface area (Å²) in [6.45, 7) is 0.749. The number of aryl methyl sites for hydroxylation is 2. The summed E-state index contributed by atoms with van der Waals surface area (Å²) in [5, 5.41) is 20.3. The van der Waals surface area contributed by atoms with Crippen molar-refractivity contribution in [2.24, 2.45) is 5.41 Å². The van der Waals surface area contributed by atoms with Crippen LogP contribution in [0.2, 0.25) is 0 Å². The number of nitrogens with one attached hydrogen (secondary N) is 2. The van der Waals surface area contributed by atoms with Crippen molar-refractivity contribution >= 4 is 11.8 Å². The molecule has 1 aliphatic heterocycles. The second-order valence-electron chi connectivity index (χ2n) is 11.1. The number of hydrogen-bond donors (Lipinski definition) is 3. The molecule has 210 valence electrons.